The minimum absolute atomic E-state index is 0.00796. The molecule has 0 aliphatic heterocycles. The zero-order valence-corrected chi connectivity index (χ0v) is 14.6. The van der Waals surface area contributed by atoms with Crippen LogP contribution in [0.25, 0.3) is 0 Å². The molecule has 2 N–H and O–H groups in total. The van der Waals surface area contributed by atoms with Crippen molar-refractivity contribution in [1.82, 2.24) is 4.90 Å². The van der Waals surface area contributed by atoms with Gasteiger partial charge in [-0.3, -0.25) is 9.69 Å². The summed E-state index contributed by atoms with van der Waals surface area (Å²) < 4.78 is 0. The number of hydrogen-bond donors (Lipinski definition) is 2. The fourth-order valence-electron chi connectivity index (χ4n) is 3.20. The summed E-state index contributed by atoms with van der Waals surface area (Å²) in [5.74, 6) is 0.313. The third kappa shape index (κ3) is 4.92. The molecule has 1 unspecified atom stereocenters. The van der Waals surface area contributed by atoms with Gasteiger partial charge in [-0.05, 0) is 42.5 Å². The standard InChI is InChI=1S/C21H23N3O2/c22-12-17-7-4-8-19(11-17)23-21(26)14-24(20(15-25)18-9-10-18)13-16-5-2-1-3-6-16/h1-8,11,18,20,25H,9-10,13-15H2,(H,23,26). The van der Waals surface area contributed by atoms with Crippen LogP contribution in [0, 0.1) is 17.2 Å². The van der Waals surface area contributed by atoms with E-state index in [1.165, 1.54) is 0 Å². The van der Waals surface area contributed by atoms with Crippen LogP contribution in [0.4, 0.5) is 5.69 Å². The van der Waals surface area contributed by atoms with Gasteiger partial charge in [0.05, 0.1) is 24.8 Å². The lowest BCUT2D eigenvalue weighted by Gasteiger charge is -2.30. The molecule has 2 aromatic carbocycles. The highest BCUT2D eigenvalue weighted by Gasteiger charge is 2.35. The first kappa shape index (κ1) is 18.1. The van der Waals surface area contributed by atoms with E-state index in [1.54, 1.807) is 24.3 Å². The normalized spacial score (nSPS) is 14.7. The van der Waals surface area contributed by atoms with Crippen molar-refractivity contribution in [1.29, 1.82) is 5.26 Å². The molecule has 2 aromatic rings. The number of benzene rings is 2. The monoisotopic (exact) mass is 349 g/mol. The van der Waals surface area contributed by atoms with E-state index in [1.807, 2.05) is 30.3 Å². The Labute approximate surface area is 153 Å². The van der Waals surface area contributed by atoms with Crippen molar-refractivity contribution in [2.45, 2.75) is 25.4 Å². The number of aliphatic hydroxyl groups excluding tert-OH is 1. The zero-order valence-electron chi connectivity index (χ0n) is 14.6. The van der Waals surface area contributed by atoms with E-state index < -0.39 is 0 Å². The molecule has 1 aliphatic rings. The topological polar surface area (TPSA) is 76.4 Å². The summed E-state index contributed by atoms with van der Waals surface area (Å²) in [7, 11) is 0. The van der Waals surface area contributed by atoms with Gasteiger partial charge in [0, 0.05) is 18.3 Å². The summed E-state index contributed by atoms with van der Waals surface area (Å²) in [5.41, 5.74) is 2.24. The zero-order chi connectivity index (χ0) is 18.4. The lowest BCUT2D eigenvalue weighted by molar-refractivity contribution is -0.118. The first-order chi connectivity index (χ1) is 12.7. The predicted octanol–water partition coefficient (Wildman–Crippen LogP) is 2.77. The molecular weight excluding hydrogens is 326 g/mol. The van der Waals surface area contributed by atoms with Crippen LogP contribution < -0.4 is 5.32 Å². The number of anilines is 1. The molecule has 0 saturated heterocycles. The van der Waals surface area contributed by atoms with E-state index in [0.29, 0.717) is 23.7 Å². The van der Waals surface area contributed by atoms with Crippen molar-refractivity contribution in [3.05, 3.63) is 65.7 Å². The van der Waals surface area contributed by atoms with Gasteiger partial charge in [0.1, 0.15) is 0 Å². The highest BCUT2D eigenvalue weighted by molar-refractivity contribution is 5.92. The molecule has 1 fully saturated rings. The molecule has 0 radical (unpaired) electrons. The molecule has 1 saturated carbocycles. The maximum absolute atomic E-state index is 12.6. The molecule has 3 rings (SSSR count). The van der Waals surface area contributed by atoms with Gasteiger partial charge < -0.3 is 10.4 Å². The van der Waals surface area contributed by atoms with E-state index in [-0.39, 0.29) is 25.1 Å². The second-order valence-electron chi connectivity index (χ2n) is 6.72. The Morgan fingerprint density at radius 3 is 2.65 bits per heavy atom. The summed E-state index contributed by atoms with van der Waals surface area (Å²) in [6, 6.07) is 18.9. The van der Waals surface area contributed by atoms with Crippen LogP contribution in [0.5, 0.6) is 0 Å². The lowest BCUT2D eigenvalue weighted by atomic mass is 10.1. The summed E-state index contributed by atoms with van der Waals surface area (Å²) >= 11 is 0. The largest absolute Gasteiger partial charge is 0.395 e. The molecule has 26 heavy (non-hydrogen) atoms. The Morgan fingerprint density at radius 2 is 2.00 bits per heavy atom. The average Bonchev–Trinajstić information content (AvgIpc) is 3.48. The van der Waals surface area contributed by atoms with Crippen molar-refractivity contribution in [3.8, 4) is 6.07 Å². The molecule has 1 aliphatic carbocycles. The Kier molecular flexibility index (Phi) is 6.00. The fourth-order valence-corrected chi connectivity index (χ4v) is 3.20. The Morgan fingerprint density at radius 1 is 1.23 bits per heavy atom. The quantitative estimate of drug-likeness (QED) is 0.768. The summed E-state index contributed by atoms with van der Waals surface area (Å²) in [4.78, 5) is 14.6. The molecule has 5 nitrogen and oxygen atoms in total. The summed E-state index contributed by atoms with van der Waals surface area (Å²) in [5, 5.41) is 21.7. The van der Waals surface area contributed by atoms with Gasteiger partial charge in [-0.1, -0.05) is 36.4 Å². The molecule has 0 aromatic heterocycles. The fraction of sp³-hybridized carbons (Fsp3) is 0.333. The van der Waals surface area contributed by atoms with Gasteiger partial charge in [-0.2, -0.15) is 5.26 Å². The number of rotatable bonds is 8. The molecule has 1 atom stereocenters. The number of nitriles is 1. The average molecular weight is 349 g/mol. The van der Waals surface area contributed by atoms with Crippen LogP contribution in [0.1, 0.15) is 24.0 Å². The van der Waals surface area contributed by atoms with Crippen molar-refractivity contribution >= 4 is 11.6 Å². The molecular formula is C21H23N3O2. The Hall–Kier alpha value is -2.68. The number of nitrogens with one attached hydrogen (secondary N) is 1. The van der Waals surface area contributed by atoms with Gasteiger partial charge >= 0.3 is 0 Å². The van der Waals surface area contributed by atoms with Crippen LogP contribution in [0.15, 0.2) is 54.6 Å². The third-order valence-corrected chi connectivity index (χ3v) is 4.67. The van der Waals surface area contributed by atoms with E-state index in [4.69, 9.17) is 5.26 Å². The number of amides is 1. The summed E-state index contributed by atoms with van der Waals surface area (Å²) in [6.07, 6.45) is 2.20. The van der Waals surface area contributed by atoms with Crippen LogP contribution >= 0.6 is 0 Å². The Balaban J connectivity index is 1.69. The van der Waals surface area contributed by atoms with Crippen LogP contribution in [0.2, 0.25) is 0 Å². The van der Waals surface area contributed by atoms with Crippen molar-refractivity contribution in [2.75, 3.05) is 18.5 Å². The van der Waals surface area contributed by atoms with E-state index in [2.05, 4.69) is 16.3 Å². The van der Waals surface area contributed by atoms with Crippen molar-refractivity contribution in [2.24, 2.45) is 5.92 Å². The molecule has 1 amide bonds. The second-order valence-corrected chi connectivity index (χ2v) is 6.72. The van der Waals surface area contributed by atoms with Gasteiger partial charge in [-0.15, -0.1) is 0 Å². The second kappa shape index (κ2) is 8.61. The van der Waals surface area contributed by atoms with Crippen LogP contribution in [-0.4, -0.2) is 35.1 Å². The van der Waals surface area contributed by atoms with Gasteiger partial charge in [-0.25, -0.2) is 0 Å². The van der Waals surface area contributed by atoms with Crippen LogP contribution in [0.3, 0.4) is 0 Å². The minimum Gasteiger partial charge on any atom is -0.395 e. The van der Waals surface area contributed by atoms with Gasteiger partial charge in [0.2, 0.25) is 5.91 Å². The third-order valence-electron chi connectivity index (χ3n) is 4.67. The lowest BCUT2D eigenvalue weighted by Crippen LogP contribution is -2.43. The predicted molar refractivity (Wildman–Crippen MR) is 100 cm³/mol. The summed E-state index contributed by atoms with van der Waals surface area (Å²) in [6.45, 7) is 0.871. The maximum Gasteiger partial charge on any atom is 0.238 e. The number of carbonyl (C=O) groups excluding carboxylic acids is 1. The maximum atomic E-state index is 12.6. The first-order valence-corrected chi connectivity index (χ1v) is 8.88. The minimum atomic E-state index is -0.143. The van der Waals surface area contributed by atoms with E-state index in [9.17, 15) is 9.90 Å². The van der Waals surface area contributed by atoms with Gasteiger partial charge in [0.15, 0.2) is 0 Å². The molecule has 134 valence electrons. The molecule has 0 heterocycles. The number of nitrogens with zero attached hydrogens (tertiary/aromatic N) is 2. The number of aliphatic hydroxyl groups is 1. The number of hydrogen-bond acceptors (Lipinski definition) is 4. The van der Waals surface area contributed by atoms with Crippen molar-refractivity contribution < 1.29 is 9.90 Å². The molecule has 5 heteroatoms. The molecule has 0 spiro atoms. The van der Waals surface area contributed by atoms with E-state index in [0.717, 1.165) is 18.4 Å². The van der Waals surface area contributed by atoms with Crippen molar-refractivity contribution in [3.63, 3.8) is 0 Å². The SMILES string of the molecule is N#Cc1cccc(NC(=O)CN(Cc2ccccc2)C(CO)C2CC2)c1. The highest BCUT2D eigenvalue weighted by Crippen LogP contribution is 2.35. The molecule has 0 bridgehead atoms. The Bertz CT molecular complexity index is 781. The first-order valence-electron chi connectivity index (χ1n) is 8.88. The van der Waals surface area contributed by atoms with E-state index >= 15 is 0 Å². The smallest absolute Gasteiger partial charge is 0.238 e. The highest BCUT2D eigenvalue weighted by atomic mass is 16.3. The number of carbonyl (C=O) groups is 1. The van der Waals surface area contributed by atoms with Crippen LogP contribution in [-0.2, 0) is 11.3 Å². The van der Waals surface area contributed by atoms with Gasteiger partial charge in [0.25, 0.3) is 0 Å².